The number of carbonyl (C=O) groups excluding carboxylic acids is 1. The van der Waals surface area contributed by atoms with Crippen LogP contribution >= 0.6 is 0 Å². The molecule has 3 aromatic carbocycles. The number of methoxy groups -OCH3 is 1. The van der Waals surface area contributed by atoms with Crippen LogP contribution in [0.2, 0.25) is 0 Å². The maximum absolute atomic E-state index is 12.6. The van der Waals surface area contributed by atoms with Crippen LogP contribution in [0.3, 0.4) is 0 Å². The fraction of sp³-hybridized carbons (Fsp3) is 0.120. The van der Waals surface area contributed by atoms with E-state index in [1.807, 2.05) is 24.3 Å². The summed E-state index contributed by atoms with van der Waals surface area (Å²) in [6, 6.07) is 19.8. The van der Waals surface area contributed by atoms with Crippen molar-refractivity contribution < 1.29 is 9.53 Å². The molecule has 3 N–H and O–H groups in total. The number of benzene rings is 3. The normalized spacial score (nSPS) is 12.0. The van der Waals surface area contributed by atoms with Gasteiger partial charge in [-0.15, -0.1) is 0 Å². The monoisotopic (exact) mass is 410 g/mol. The third-order valence-corrected chi connectivity index (χ3v) is 5.74. The molecule has 1 amide bonds. The Bertz CT molecular complexity index is 1290. The second-order valence-corrected chi connectivity index (χ2v) is 7.56. The van der Waals surface area contributed by atoms with Crippen molar-refractivity contribution in [3.05, 3.63) is 89.6 Å². The van der Waals surface area contributed by atoms with Crippen LogP contribution in [-0.2, 0) is 12.8 Å². The second kappa shape index (κ2) is 7.65. The average Bonchev–Trinajstić information content (AvgIpc) is 3.47. The minimum atomic E-state index is -0.320. The molecule has 1 aliphatic rings. The number of nitrogens with one attached hydrogen (secondary N) is 3. The SMILES string of the molecule is C=C(NNC(=O)c1cc(-c2ccc3c4c(cccc24)CC3)n[nH]1)c1ccc(OC)cc1. The number of rotatable bonds is 6. The smallest absolute Gasteiger partial charge is 0.287 e. The van der Waals surface area contributed by atoms with Crippen molar-refractivity contribution in [1.29, 1.82) is 0 Å². The highest BCUT2D eigenvalue weighted by atomic mass is 16.5. The Hall–Kier alpha value is -4.06. The van der Waals surface area contributed by atoms with Gasteiger partial charge in [0.2, 0.25) is 0 Å². The summed E-state index contributed by atoms with van der Waals surface area (Å²) < 4.78 is 5.16. The molecule has 1 aliphatic carbocycles. The van der Waals surface area contributed by atoms with Gasteiger partial charge in [-0.2, -0.15) is 5.10 Å². The predicted octanol–water partition coefficient (Wildman–Crippen LogP) is 4.24. The topological polar surface area (TPSA) is 79.0 Å². The first-order valence-corrected chi connectivity index (χ1v) is 10.1. The molecule has 0 spiro atoms. The first kappa shape index (κ1) is 18.9. The molecule has 1 heterocycles. The van der Waals surface area contributed by atoms with Gasteiger partial charge >= 0.3 is 0 Å². The Balaban J connectivity index is 1.32. The van der Waals surface area contributed by atoms with Gasteiger partial charge < -0.3 is 4.74 Å². The third kappa shape index (κ3) is 3.42. The molecule has 0 aliphatic heterocycles. The molecule has 0 saturated carbocycles. The lowest BCUT2D eigenvalue weighted by atomic mass is 9.98. The van der Waals surface area contributed by atoms with E-state index in [2.05, 4.69) is 58.0 Å². The molecule has 0 bridgehead atoms. The van der Waals surface area contributed by atoms with Crippen LogP contribution in [0.1, 0.15) is 27.2 Å². The van der Waals surface area contributed by atoms with Crippen molar-refractivity contribution in [2.45, 2.75) is 12.8 Å². The van der Waals surface area contributed by atoms with E-state index in [0.717, 1.165) is 35.4 Å². The summed E-state index contributed by atoms with van der Waals surface area (Å²) >= 11 is 0. The molecular weight excluding hydrogens is 388 g/mol. The number of hydrogen-bond acceptors (Lipinski definition) is 4. The summed E-state index contributed by atoms with van der Waals surface area (Å²) in [7, 11) is 1.62. The van der Waals surface area contributed by atoms with E-state index >= 15 is 0 Å². The molecule has 0 saturated heterocycles. The fourth-order valence-electron chi connectivity index (χ4n) is 4.11. The van der Waals surface area contributed by atoms with Gasteiger partial charge in [-0.05, 0) is 70.6 Å². The Labute approximate surface area is 179 Å². The van der Waals surface area contributed by atoms with E-state index < -0.39 is 0 Å². The van der Waals surface area contributed by atoms with Gasteiger partial charge in [-0.3, -0.25) is 20.7 Å². The summed E-state index contributed by atoms with van der Waals surface area (Å²) in [5.41, 5.74) is 11.8. The number of aromatic amines is 1. The van der Waals surface area contributed by atoms with E-state index in [1.165, 1.54) is 21.9 Å². The maximum Gasteiger partial charge on any atom is 0.287 e. The number of carbonyl (C=O) groups is 1. The number of hydrogen-bond donors (Lipinski definition) is 3. The molecule has 31 heavy (non-hydrogen) atoms. The van der Waals surface area contributed by atoms with E-state index in [-0.39, 0.29) is 5.91 Å². The van der Waals surface area contributed by atoms with Crippen LogP contribution in [0.25, 0.3) is 27.7 Å². The first-order valence-electron chi connectivity index (χ1n) is 10.1. The van der Waals surface area contributed by atoms with Crippen molar-refractivity contribution in [3.8, 4) is 17.0 Å². The number of amides is 1. The standard InChI is InChI=1S/C25H22N4O2/c1-15(16-8-11-19(31-2)12-9-16)26-29-25(30)23-14-22(27-28-23)20-13-10-18-7-6-17-4-3-5-21(20)24(17)18/h3-5,8-14,26H,1,6-7H2,2H3,(H,27,28)(H,29,30). The van der Waals surface area contributed by atoms with Crippen molar-refractivity contribution in [2.24, 2.45) is 0 Å². The van der Waals surface area contributed by atoms with Gasteiger partial charge in [0.1, 0.15) is 11.4 Å². The highest BCUT2D eigenvalue weighted by molar-refractivity contribution is 6.02. The molecular formula is C25H22N4O2. The Kier molecular flexibility index (Phi) is 4.67. The van der Waals surface area contributed by atoms with Crippen LogP contribution in [-0.4, -0.2) is 23.2 Å². The number of nitrogens with zero attached hydrogens (tertiary/aromatic N) is 1. The second-order valence-electron chi connectivity index (χ2n) is 7.56. The highest BCUT2D eigenvalue weighted by Crippen LogP contribution is 2.36. The molecule has 6 nitrogen and oxygen atoms in total. The van der Waals surface area contributed by atoms with E-state index in [9.17, 15) is 4.79 Å². The molecule has 0 radical (unpaired) electrons. The molecule has 0 atom stereocenters. The van der Waals surface area contributed by atoms with Crippen molar-refractivity contribution in [3.63, 3.8) is 0 Å². The molecule has 1 aromatic heterocycles. The minimum Gasteiger partial charge on any atom is -0.497 e. The molecule has 6 heteroatoms. The molecule has 0 unspecified atom stereocenters. The zero-order chi connectivity index (χ0) is 21.4. The van der Waals surface area contributed by atoms with Gasteiger partial charge in [0, 0.05) is 5.56 Å². The van der Waals surface area contributed by atoms with Gasteiger partial charge in [0.25, 0.3) is 5.91 Å². The summed E-state index contributed by atoms with van der Waals surface area (Å²) in [5, 5.41) is 9.74. The zero-order valence-corrected chi connectivity index (χ0v) is 17.2. The number of H-pyrrole nitrogens is 1. The number of aromatic nitrogens is 2. The maximum atomic E-state index is 12.6. The van der Waals surface area contributed by atoms with Crippen LogP contribution in [0.15, 0.2) is 67.2 Å². The van der Waals surface area contributed by atoms with Gasteiger partial charge in [0.15, 0.2) is 0 Å². The lowest BCUT2D eigenvalue weighted by Crippen LogP contribution is -2.36. The van der Waals surface area contributed by atoms with Crippen LogP contribution in [0, 0.1) is 0 Å². The van der Waals surface area contributed by atoms with E-state index in [1.54, 1.807) is 13.2 Å². The van der Waals surface area contributed by atoms with Gasteiger partial charge in [-0.25, -0.2) is 0 Å². The number of hydrazine groups is 1. The van der Waals surface area contributed by atoms with Crippen LogP contribution in [0.5, 0.6) is 5.75 Å². The molecule has 0 fully saturated rings. The lowest BCUT2D eigenvalue weighted by molar-refractivity contribution is 0.0937. The zero-order valence-electron chi connectivity index (χ0n) is 17.2. The largest absolute Gasteiger partial charge is 0.497 e. The summed E-state index contributed by atoms with van der Waals surface area (Å²) in [6.07, 6.45) is 2.15. The Morgan fingerprint density at radius 1 is 1.03 bits per heavy atom. The van der Waals surface area contributed by atoms with E-state index in [0.29, 0.717) is 11.4 Å². The van der Waals surface area contributed by atoms with Crippen molar-refractivity contribution in [1.82, 2.24) is 21.0 Å². The predicted molar refractivity (Wildman–Crippen MR) is 122 cm³/mol. The molecule has 4 aromatic rings. The molecule has 154 valence electrons. The average molecular weight is 410 g/mol. The summed E-state index contributed by atoms with van der Waals surface area (Å²) in [6.45, 7) is 3.96. The van der Waals surface area contributed by atoms with Crippen LogP contribution < -0.4 is 15.6 Å². The fourth-order valence-corrected chi connectivity index (χ4v) is 4.11. The molecule has 5 rings (SSSR count). The van der Waals surface area contributed by atoms with Crippen LogP contribution in [0.4, 0.5) is 0 Å². The lowest BCUT2D eigenvalue weighted by Gasteiger charge is -2.11. The Morgan fingerprint density at radius 3 is 2.58 bits per heavy atom. The Morgan fingerprint density at radius 2 is 1.81 bits per heavy atom. The quantitative estimate of drug-likeness (QED) is 0.416. The summed E-state index contributed by atoms with van der Waals surface area (Å²) in [4.78, 5) is 12.6. The first-order chi connectivity index (χ1) is 15.1. The van der Waals surface area contributed by atoms with E-state index in [4.69, 9.17) is 4.74 Å². The highest BCUT2D eigenvalue weighted by Gasteiger charge is 2.18. The number of ether oxygens (including phenoxy) is 1. The number of aryl methyl sites for hydroxylation is 2. The summed E-state index contributed by atoms with van der Waals surface area (Å²) in [5.74, 6) is 0.438. The van der Waals surface area contributed by atoms with Gasteiger partial charge in [0.05, 0.1) is 18.5 Å². The third-order valence-electron chi connectivity index (χ3n) is 5.74. The minimum absolute atomic E-state index is 0.320. The van der Waals surface area contributed by atoms with Crippen molar-refractivity contribution >= 4 is 22.4 Å². The van der Waals surface area contributed by atoms with Crippen molar-refractivity contribution in [2.75, 3.05) is 7.11 Å². The van der Waals surface area contributed by atoms with Gasteiger partial charge in [-0.1, -0.05) is 36.9 Å².